The maximum Gasteiger partial charge on any atom is 0.284 e. The molecule has 1 heterocycles. The van der Waals surface area contributed by atoms with E-state index in [0.717, 1.165) is 6.42 Å². The van der Waals surface area contributed by atoms with Crippen molar-refractivity contribution in [2.45, 2.75) is 26.3 Å². The minimum atomic E-state index is -0.532. The molecule has 1 amide bonds. The first kappa shape index (κ1) is 19.7. The van der Waals surface area contributed by atoms with Crippen LogP contribution in [0.1, 0.15) is 26.0 Å². The third-order valence-electron chi connectivity index (χ3n) is 3.94. The number of nitrogens with zero attached hydrogens (tertiary/aromatic N) is 2. The molecule has 0 radical (unpaired) electrons. The van der Waals surface area contributed by atoms with Crippen molar-refractivity contribution in [3.8, 4) is 23.1 Å². The Morgan fingerprint density at radius 1 is 1.44 bits per heavy atom. The van der Waals surface area contributed by atoms with Gasteiger partial charge >= 0.3 is 0 Å². The van der Waals surface area contributed by atoms with Crippen LogP contribution in [0.5, 0.6) is 5.75 Å². The Balaban J connectivity index is 2.35. The van der Waals surface area contributed by atoms with Gasteiger partial charge in [-0.2, -0.15) is 5.26 Å². The van der Waals surface area contributed by atoms with E-state index in [2.05, 4.69) is 5.32 Å². The van der Waals surface area contributed by atoms with Crippen LogP contribution in [0, 0.1) is 21.4 Å². The van der Waals surface area contributed by atoms with Gasteiger partial charge in [-0.1, -0.05) is 6.92 Å². The lowest BCUT2D eigenvalue weighted by Crippen LogP contribution is -2.32. The predicted molar refractivity (Wildman–Crippen MR) is 98.8 cm³/mol. The van der Waals surface area contributed by atoms with Crippen molar-refractivity contribution in [1.82, 2.24) is 5.32 Å². The molecule has 27 heavy (non-hydrogen) atoms. The van der Waals surface area contributed by atoms with E-state index in [9.17, 15) is 20.2 Å². The SMILES string of the molecule is CC[C@H](C)NC(=O)/C(C#N)=C/c1ccc(-c2ccc(OC)cc2[N+](=O)[O-])o1. The number of nitriles is 1. The molecule has 8 nitrogen and oxygen atoms in total. The van der Waals surface area contributed by atoms with Crippen LogP contribution in [0.15, 0.2) is 40.3 Å². The molecule has 1 N–H and O–H groups in total. The molecule has 140 valence electrons. The number of nitrogens with one attached hydrogen (secondary N) is 1. The van der Waals surface area contributed by atoms with Gasteiger partial charge in [0.2, 0.25) is 0 Å². The summed E-state index contributed by atoms with van der Waals surface area (Å²) >= 11 is 0. The maximum atomic E-state index is 12.1. The van der Waals surface area contributed by atoms with Crippen molar-refractivity contribution < 1.29 is 18.9 Å². The molecule has 0 unspecified atom stereocenters. The molecule has 1 aromatic heterocycles. The molecule has 8 heteroatoms. The van der Waals surface area contributed by atoms with Crippen LogP contribution in [-0.4, -0.2) is 24.0 Å². The molecule has 0 aliphatic rings. The molecule has 2 aromatic rings. The first-order valence-electron chi connectivity index (χ1n) is 8.24. The lowest BCUT2D eigenvalue weighted by molar-refractivity contribution is -0.384. The zero-order valence-corrected chi connectivity index (χ0v) is 15.2. The van der Waals surface area contributed by atoms with Crippen molar-refractivity contribution in [2.75, 3.05) is 7.11 Å². The van der Waals surface area contributed by atoms with E-state index < -0.39 is 10.8 Å². The molecule has 0 saturated heterocycles. The summed E-state index contributed by atoms with van der Waals surface area (Å²) in [6, 6.07) is 9.26. The summed E-state index contributed by atoms with van der Waals surface area (Å²) in [5.41, 5.74) is -0.0160. The summed E-state index contributed by atoms with van der Waals surface area (Å²) < 4.78 is 10.6. The third kappa shape index (κ3) is 4.73. The third-order valence-corrected chi connectivity index (χ3v) is 3.94. The minimum absolute atomic E-state index is 0.0663. The molecule has 0 aliphatic heterocycles. The molecule has 0 aliphatic carbocycles. The number of nitro benzene ring substituents is 1. The average Bonchev–Trinajstić information content (AvgIpc) is 3.13. The van der Waals surface area contributed by atoms with E-state index in [0.29, 0.717) is 5.75 Å². The van der Waals surface area contributed by atoms with E-state index in [4.69, 9.17) is 9.15 Å². The van der Waals surface area contributed by atoms with Crippen LogP contribution in [0.3, 0.4) is 0 Å². The molecule has 1 aromatic carbocycles. The zero-order chi connectivity index (χ0) is 20.0. The Bertz CT molecular complexity index is 924. The van der Waals surface area contributed by atoms with Crippen molar-refractivity contribution in [2.24, 2.45) is 0 Å². The molecule has 1 atom stereocenters. The van der Waals surface area contributed by atoms with Gasteiger partial charge in [0.15, 0.2) is 0 Å². The molecular weight excluding hydrogens is 350 g/mol. The van der Waals surface area contributed by atoms with Crippen LogP contribution in [0.2, 0.25) is 0 Å². The van der Waals surface area contributed by atoms with Crippen LogP contribution >= 0.6 is 0 Å². The summed E-state index contributed by atoms with van der Waals surface area (Å²) in [6.45, 7) is 3.75. The standard InChI is InChI=1S/C19H19N3O5/c1-4-12(2)21-19(23)13(11-20)9-15-6-8-18(27-15)16-7-5-14(26-3)10-17(16)22(24)25/h5-10,12H,4H2,1-3H3,(H,21,23)/b13-9+/t12-/m0/s1. The smallest absolute Gasteiger partial charge is 0.284 e. The predicted octanol–water partition coefficient (Wildman–Crippen LogP) is 3.69. The van der Waals surface area contributed by atoms with Gasteiger partial charge in [0.05, 0.1) is 23.7 Å². The number of hydrogen-bond donors (Lipinski definition) is 1. The highest BCUT2D eigenvalue weighted by molar-refractivity contribution is 6.01. The normalized spacial score (nSPS) is 12.1. The number of benzene rings is 1. The van der Waals surface area contributed by atoms with Crippen LogP contribution in [0.4, 0.5) is 5.69 Å². The van der Waals surface area contributed by atoms with E-state index in [-0.39, 0.29) is 34.4 Å². The largest absolute Gasteiger partial charge is 0.497 e. The highest BCUT2D eigenvalue weighted by Gasteiger charge is 2.20. The number of carbonyl (C=O) groups excluding carboxylic acids is 1. The summed E-state index contributed by atoms with van der Waals surface area (Å²) in [7, 11) is 1.42. The lowest BCUT2D eigenvalue weighted by Gasteiger charge is -2.09. The van der Waals surface area contributed by atoms with E-state index in [1.165, 1.54) is 31.4 Å². The fourth-order valence-corrected chi connectivity index (χ4v) is 2.27. The summed E-state index contributed by atoms with van der Waals surface area (Å²) in [6.07, 6.45) is 2.03. The van der Waals surface area contributed by atoms with Gasteiger partial charge in [0.25, 0.3) is 11.6 Å². The van der Waals surface area contributed by atoms with Crippen molar-refractivity contribution in [3.63, 3.8) is 0 Å². The first-order chi connectivity index (χ1) is 12.9. The Morgan fingerprint density at radius 3 is 2.78 bits per heavy atom. The number of methoxy groups -OCH3 is 1. The second kappa shape index (κ2) is 8.67. The average molecular weight is 369 g/mol. The van der Waals surface area contributed by atoms with Crippen LogP contribution in [-0.2, 0) is 4.79 Å². The number of carbonyl (C=O) groups is 1. The molecule has 0 spiro atoms. The topological polar surface area (TPSA) is 118 Å². The van der Waals surface area contributed by atoms with Crippen molar-refractivity contribution in [3.05, 3.63) is 51.8 Å². The fraction of sp³-hybridized carbons (Fsp3) is 0.263. The number of furan rings is 1. The Kier molecular flexibility index (Phi) is 6.33. The van der Waals surface area contributed by atoms with Crippen LogP contribution < -0.4 is 10.1 Å². The summed E-state index contributed by atoms with van der Waals surface area (Å²) in [5.74, 6) is 0.340. The monoisotopic (exact) mass is 369 g/mol. The second-order valence-electron chi connectivity index (χ2n) is 5.79. The number of rotatable bonds is 7. The molecule has 0 fully saturated rings. The Labute approximate surface area is 156 Å². The first-order valence-corrected chi connectivity index (χ1v) is 8.24. The maximum absolute atomic E-state index is 12.1. The van der Waals surface area contributed by atoms with Gasteiger partial charge in [-0.15, -0.1) is 0 Å². The van der Waals surface area contributed by atoms with Gasteiger partial charge < -0.3 is 14.5 Å². The van der Waals surface area contributed by atoms with E-state index in [1.54, 1.807) is 12.1 Å². The van der Waals surface area contributed by atoms with Gasteiger partial charge in [0.1, 0.15) is 28.9 Å². The summed E-state index contributed by atoms with van der Waals surface area (Å²) in [4.78, 5) is 22.9. The van der Waals surface area contributed by atoms with Crippen LogP contribution in [0.25, 0.3) is 17.4 Å². The zero-order valence-electron chi connectivity index (χ0n) is 15.2. The number of nitro groups is 1. The van der Waals surface area contributed by atoms with Gasteiger partial charge in [-0.25, -0.2) is 0 Å². The molecular formula is C19H19N3O5. The van der Waals surface area contributed by atoms with Gasteiger partial charge in [0, 0.05) is 12.1 Å². The van der Waals surface area contributed by atoms with E-state index >= 15 is 0 Å². The molecule has 0 bridgehead atoms. The quantitative estimate of drug-likeness (QED) is 0.344. The highest BCUT2D eigenvalue weighted by atomic mass is 16.6. The van der Waals surface area contributed by atoms with Crippen molar-refractivity contribution in [1.29, 1.82) is 5.26 Å². The Morgan fingerprint density at radius 2 is 2.19 bits per heavy atom. The van der Waals surface area contributed by atoms with Gasteiger partial charge in [-0.3, -0.25) is 14.9 Å². The highest BCUT2D eigenvalue weighted by Crippen LogP contribution is 2.34. The number of amides is 1. The minimum Gasteiger partial charge on any atom is -0.497 e. The summed E-state index contributed by atoms with van der Waals surface area (Å²) in [5, 5.41) is 23.2. The number of ether oxygens (including phenoxy) is 1. The van der Waals surface area contributed by atoms with Crippen molar-refractivity contribution >= 4 is 17.7 Å². The second-order valence-corrected chi connectivity index (χ2v) is 5.79. The van der Waals surface area contributed by atoms with E-state index in [1.807, 2.05) is 19.9 Å². The molecule has 2 rings (SSSR count). The fourth-order valence-electron chi connectivity index (χ4n) is 2.27. The molecule has 0 saturated carbocycles. The lowest BCUT2D eigenvalue weighted by atomic mass is 10.1. The van der Waals surface area contributed by atoms with Gasteiger partial charge in [-0.05, 0) is 37.6 Å². The Hall–Kier alpha value is -3.60. The number of hydrogen-bond acceptors (Lipinski definition) is 6.